The average molecular weight is 487 g/mol. The van der Waals surface area contributed by atoms with Gasteiger partial charge in [0.15, 0.2) is 10.9 Å². The van der Waals surface area contributed by atoms with Gasteiger partial charge in [-0.15, -0.1) is 0 Å². The van der Waals surface area contributed by atoms with E-state index in [4.69, 9.17) is 4.18 Å². The second-order valence-corrected chi connectivity index (χ2v) is 9.94. The third-order valence-electron chi connectivity index (χ3n) is 5.08. The molecule has 8 heteroatoms. The summed E-state index contributed by atoms with van der Waals surface area (Å²) in [7, 11) is -4.06. The van der Waals surface area contributed by atoms with Gasteiger partial charge in [-0.2, -0.15) is 8.42 Å². The van der Waals surface area contributed by atoms with Crippen LogP contribution in [0.1, 0.15) is 5.56 Å². The van der Waals surface area contributed by atoms with Crippen LogP contribution in [0.25, 0.3) is 16.8 Å². The Balaban J connectivity index is 1.57. The summed E-state index contributed by atoms with van der Waals surface area (Å²) in [5.41, 5.74) is 1.21. The Morgan fingerprint density at radius 3 is 2.26 bits per heavy atom. The van der Waals surface area contributed by atoms with Crippen LogP contribution in [0, 0.1) is 0 Å². The molecule has 1 fully saturated rings. The Morgan fingerprint density at radius 2 is 1.50 bits per heavy atom. The van der Waals surface area contributed by atoms with Crippen LogP contribution >= 0.6 is 11.8 Å². The van der Waals surface area contributed by atoms with E-state index >= 15 is 0 Å². The third-order valence-corrected chi connectivity index (χ3v) is 7.23. The maximum absolute atomic E-state index is 12.9. The molecule has 4 aromatic carbocycles. The second kappa shape index (κ2) is 9.17. The van der Waals surface area contributed by atoms with Gasteiger partial charge < -0.3 is 9.50 Å². The Labute approximate surface area is 201 Å². The first kappa shape index (κ1) is 21.9. The lowest BCUT2D eigenvalue weighted by atomic mass is 10.0. The number of rotatable bonds is 5. The summed E-state index contributed by atoms with van der Waals surface area (Å²) in [5.74, 6) is -0.179. The topological polar surface area (TPSA) is 84.8 Å². The molecule has 5 rings (SSSR count). The molecule has 0 aromatic heterocycles. The summed E-state index contributed by atoms with van der Waals surface area (Å²) in [4.78, 5) is 17.6. The van der Waals surface area contributed by atoms with Crippen LogP contribution in [0.2, 0.25) is 0 Å². The maximum Gasteiger partial charge on any atom is 0.339 e. The number of amidine groups is 1. The molecule has 1 amide bonds. The molecule has 0 spiro atoms. The van der Waals surface area contributed by atoms with Crippen molar-refractivity contribution in [3.63, 3.8) is 0 Å². The van der Waals surface area contributed by atoms with E-state index in [-0.39, 0.29) is 16.6 Å². The zero-order chi connectivity index (χ0) is 23.5. The van der Waals surface area contributed by atoms with Crippen molar-refractivity contribution in [1.29, 1.82) is 0 Å². The van der Waals surface area contributed by atoms with E-state index in [1.54, 1.807) is 36.4 Å². The number of hydrogen-bond donors (Lipinski definition) is 1. The lowest BCUT2D eigenvalue weighted by Crippen LogP contribution is -2.19. The number of carbonyl (C=O) groups excluding carboxylic acids is 1. The largest absolute Gasteiger partial charge is 0.378 e. The van der Waals surface area contributed by atoms with E-state index in [0.717, 1.165) is 16.5 Å². The van der Waals surface area contributed by atoms with Crippen LogP contribution < -0.4 is 9.50 Å². The standard InChI is InChI=1S/C26H18N2O4S2/c29-25-24(33-26(28-25)27-19-10-3-1-4-11-19)17-22-21-14-8-7-9-18(21)15-16-23(22)32-34(30,31)20-12-5-2-6-13-20/h1-17H,(H,27,28,29)/b24-17-. The van der Waals surface area contributed by atoms with Gasteiger partial charge in [0.05, 0.1) is 10.6 Å². The molecule has 6 nitrogen and oxygen atoms in total. The highest BCUT2D eigenvalue weighted by Crippen LogP contribution is 2.35. The molecule has 0 unspecified atom stereocenters. The van der Waals surface area contributed by atoms with E-state index in [2.05, 4.69) is 10.3 Å². The summed E-state index contributed by atoms with van der Waals surface area (Å²) in [6, 6.07) is 28.2. The van der Waals surface area contributed by atoms with Gasteiger partial charge in [-0.1, -0.05) is 66.7 Å². The Kier molecular flexibility index (Phi) is 5.91. The van der Waals surface area contributed by atoms with Crippen LogP contribution in [-0.4, -0.2) is 19.5 Å². The molecule has 0 bridgehead atoms. The molecular weight excluding hydrogens is 468 g/mol. The van der Waals surface area contributed by atoms with Crippen molar-refractivity contribution in [3.8, 4) is 5.75 Å². The van der Waals surface area contributed by atoms with Gasteiger partial charge in [0.2, 0.25) is 0 Å². The number of nitrogens with one attached hydrogen (secondary N) is 1. The van der Waals surface area contributed by atoms with Crippen LogP contribution in [0.5, 0.6) is 5.75 Å². The molecule has 1 saturated heterocycles. The van der Waals surface area contributed by atoms with E-state index in [1.165, 1.54) is 23.9 Å². The van der Waals surface area contributed by atoms with Crippen LogP contribution in [0.4, 0.5) is 5.69 Å². The van der Waals surface area contributed by atoms with Crippen molar-refractivity contribution < 1.29 is 17.4 Å². The van der Waals surface area contributed by atoms with Gasteiger partial charge in [-0.25, -0.2) is 4.99 Å². The van der Waals surface area contributed by atoms with E-state index in [0.29, 0.717) is 15.6 Å². The molecule has 1 N–H and O–H groups in total. The molecule has 0 saturated carbocycles. The molecule has 1 heterocycles. The van der Waals surface area contributed by atoms with Crippen LogP contribution in [-0.2, 0) is 14.9 Å². The Morgan fingerprint density at radius 1 is 0.824 bits per heavy atom. The molecule has 168 valence electrons. The second-order valence-electron chi connectivity index (χ2n) is 7.37. The Hall–Kier alpha value is -3.88. The van der Waals surface area contributed by atoms with Gasteiger partial charge in [-0.05, 0) is 58.9 Å². The first-order valence-electron chi connectivity index (χ1n) is 10.4. The van der Waals surface area contributed by atoms with Crippen molar-refractivity contribution in [3.05, 3.63) is 108 Å². The molecule has 34 heavy (non-hydrogen) atoms. The third kappa shape index (κ3) is 4.59. The van der Waals surface area contributed by atoms with E-state index < -0.39 is 10.1 Å². The van der Waals surface area contributed by atoms with Crippen molar-refractivity contribution in [2.24, 2.45) is 4.99 Å². The van der Waals surface area contributed by atoms with Crippen LogP contribution in [0.15, 0.2) is 112 Å². The highest BCUT2D eigenvalue weighted by molar-refractivity contribution is 8.18. The molecule has 4 aromatic rings. The molecule has 1 aliphatic rings. The number of amides is 1. The average Bonchev–Trinajstić information content (AvgIpc) is 3.20. The summed E-state index contributed by atoms with van der Waals surface area (Å²) in [6.45, 7) is 0. The minimum atomic E-state index is -4.06. The van der Waals surface area contributed by atoms with E-state index in [9.17, 15) is 13.2 Å². The van der Waals surface area contributed by atoms with Crippen molar-refractivity contribution >= 4 is 55.5 Å². The van der Waals surface area contributed by atoms with Crippen LogP contribution in [0.3, 0.4) is 0 Å². The number of aliphatic imine (C=N–C) groups is 1. The molecule has 0 atom stereocenters. The minimum absolute atomic E-state index is 0.0482. The summed E-state index contributed by atoms with van der Waals surface area (Å²) >= 11 is 1.19. The molecular formula is C26H18N2O4S2. The van der Waals surface area contributed by atoms with Crippen molar-refractivity contribution in [2.75, 3.05) is 0 Å². The summed E-state index contributed by atoms with van der Waals surface area (Å²) in [6.07, 6.45) is 1.64. The highest BCUT2D eigenvalue weighted by Gasteiger charge is 2.26. The number of carbonyl (C=O) groups is 1. The first-order valence-corrected chi connectivity index (χ1v) is 12.6. The highest BCUT2D eigenvalue weighted by atomic mass is 32.2. The van der Waals surface area contributed by atoms with Crippen molar-refractivity contribution in [2.45, 2.75) is 4.90 Å². The fourth-order valence-corrected chi connectivity index (χ4v) is 5.27. The monoisotopic (exact) mass is 486 g/mol. The maximum atomic E-state index is 12.9. The summed E-state index contributed by atoms with van der Waals surface area (Å²) < 4.78 is 31.4. The van der Waals surface area contributed by atoms with Gasteiger partial charge in [0, 0.05) is 5.56 Å². The SMILES string of the molecule is O=C1NC(=Nc2ccccc2)S/C1=C\c1c(OS(=O)(=O)c2ccccc2)ccc2ccccc12. The Bertz CT molecular complexity index is 1550. The number of para-hydroxylation sites is 1. The molecule has 0 aliphatic carbocycles. The van der Waals surface area contributed by atoms with Gasteiger partial charge >= 0.3 is 10.1 Å². The lowest BCUT2D eigenvalue weighted by Gasteiger charge is -2.12. The summed E-state index contributed by atoms with van der Waals surface area (Å²) in [5, 5.41) is 4.86. The smallest absolute Gasteiger partial charge is 0.339 e. The fraction of sp³-hybridized carbons (Fsp3) is 0. The first-order chi connectivity index (χ1) is 16.5. The molecule has 1 aliphatic heterocycles. The fourth-order valence-electron chi connectivity index (χ4n) is 3.48. The number of benzene rings is 4. The zero-order valence-corrected chi connectivity index (χ0v) is 19.3. The molecule has 0 radical (unpaired) electrons. The van der Waals surface area contributed by atoms with Gasteiger partial charge in [0.1, 0.15) is 4.90 Å². The van der Waals surface area contributed by atoms with Gasteiger partial charge in [-0.3, -0.25) is 4.79 Å². The number of thioether (sulfide) groups is 1. The van der Waals surface area contributed by atoms with Crippen molar-refractivity contribution in [1.82, 2.24) is 5.32 Å². The normalized spacial score (nSPS) is 16.2. The van der Waals surface area contributed by atoms with E-state index in [1.807, 2.05) is 54.6 Å². The predicted molar refractivity (Wildman–Crippen MR) is 135 cm³/mol. The predicted octanol–water partition coefficient (Wildman–Crippen LogP) is 5.50. The van der Waals surface area contributed by atoms with Gasteiger partial charge in [0.25, 0.3) is 5.91 Å². The quantitative estimate of drug-likeness (QED) is 0.297. The zero-order valence-electron chi connectivity index (χ0n) is 17.7. The number of fused-ring (bicyclic) bond motifs is 1. The number of hydrogen-bond acceptors (Lipinski definition) is 6. The minimum Gasteiger partial charge on any atom is -0.378 e. The lowest BCUT2D eigenvalue weighted by molar-refractivity contribution is -0.115. The number of nitrogens with zero attached hydrogens (tertiary/aromatic N) is 1.